The normalized spacial score (nSPS) is 15.2. The minimum Gasteiger partial charge on any atom is -0.478 e. The van der Waals surface area contributed by atoms with Crippen LogP contribution < -0.4 is 5.32 Å². The number of anilines is 1. The van der Waals surface area contributed by atoms with Crippen molar-refractivity contribution in [1.82, 2.24) is 4.31 Å². The fourth-order valence-corrected chi connectivity index (χ4v) is 2.97. The quantitative estimate of drug-likeness (QED) is 0.802. The number of rotatable bonds is 7. The zero-order valence-corrected chi connectivity index (χ0v) is 13.0. The van der Waals surface area contributed by atoms with Gasteiger partial charge in [-0.05, 0) is 30.5 Å². The molecule has 0 aliphatic heterocycles. The van der Waals surface area contributed by atoms with E-state index in [4.69, 9.17) is 0 Å². The van der Waals surface area contributed by atoms with Crippen LogP contribution in [0.2, 0.25) is 0 Å². The van der Waals surface area contributed by atoms with E-state index in [0.717, 1.165) is 16.6 Å². The number of hydrogen-bond acceptors (Lipinski definition) is 4. The highest BCUT2D eigenvalue weighted by Crippen LogP contribution is 2.32. The van der Waals surface area contributed by atoms with Crippen LogP contribution in [0, 0.1) is 5.92 Å². The Morgan fingerprint density at radius 3 is 2.57 bits per heavy atom. The number of carboxylic acids is 1. The lowest BCUT2D eigenvalue weighted by Crippen LogP contribution is -2.22. The van der Waals surface area contributed by atoms with Gasteiger partial charge in [0.25, 0.3) is 0 Å². The molecule has 0 amide bonds. The Morgan fingerprint density at radius 1 is 1.38 bits per heavy atom. The van der Waals surface area contributed by atoms with Gasteiger partial charge in [-0.2, -0.15) is 0 Å². The highest BCUT2D eigenvalue weighted by atomic mass is 32.2. The summed E-state index contributed by atoms with van der Waals surface area (Å²) in [5.41, 5.74) is 0.439. The standard InChI is InChI=1S/C14H20N2O4S/c1-16(2)21(19,20)11-5-6-13(12(9-11)14(17)18)15-8-7-10-3-4-10/h5-6,9-10,15H,3-4,7-8H2,1-2H3,(H,17,18). The molecule has 7 heteroatoms. The Bertz CT molecular complexity index is 636. The van der Waals surface area contributed by atoms with Gasteiger partial charge in [0.2, 0.25) is 10.0 Å². The van der Waals surface area contributed by atoms with Gasteiger partial charge in [-0.15, -0.1) is 0 Å². The maximum absolute atomic E-state index is 12.0. The first-order chi connectivity index (χ1) is 9.82. The molecule has 1 aromatic carbocycles. The largest absolute Gasteiger partial charge is 0.478 e. The van der Waals surface area contributed by atoms with E-state index in [1.165, 1.54) is 45.1 Å². The van der Waals surface area contributed by atoms with Crippen molar-refractivity contribution in [3.63, 3.8) is 0 Å². The molecule has 0 unspecified atom stereocenters. The lowest BCUT2D eigenvalue weighted by Gasteiger charge is -2.14. The topological polar surface area (TPSA) is 86.7 Å². The van der Waals surface area contributed by atoms with Gasteiger partial charge in [-0.3, -0.25) is 0 Å². The van der Waals surface area contributed by atoms with E-state index in [0.29, 0.717) is 12.2 Å². The summed E-state index contributed by atoms with van der Waals surface area (Å²) in [6, 6.07) is 4.16. The van der Waals surface area contributed by atoms with E-state index in [1.54, 1.807) is 0 Å². The summed E-state index contributed by atoms with van der Waals surface area (Å²) in [4.78, 5) is 11.3. The Morgan fingerprint density at radius 2 is 2.05 bits per heavy atom. The van der Waals surface area contributed by atoms with Crippen LogP contribution in [0.5, 0.6) is 0 Å². The van der Waals surface area contributed by atoms with Gasteiger partial charge in [-0.1, -0.05) is 12.8 Å². The lowest BCUT2D eigenvalue weighted by molar-refractivity contribution is 0.0697. The van der Waals surface area contributed by atoms with Gasteiger partial charge >= 0.3 is 5.97 Å². The summed E-state index contributed by atoms with van der Waals surface area (Å²) in [7, 11) is -0.803. The van der Waals surface area contributed by atoms with E-state index >= 15 is 0 Å². The Labute approximate surface area is 124 Å². The Kier molecular flexibility index (Phi) is 4.53. The second-order valence-electron chi connectivity index (χ2n) is 5.46. The van der Waals surface area contributed by atoms with Gasteiger partial charge in [0.15, 0.2) is 0 Å². The maximum atomic E-state index is 12.0. The second-order valence-corrected chi connectivity index (χ2v) is 7.61. The molecule has 21 heavy (non-hydrogen) atoms. The van der Waals surface area contributed by atoms with Crippen molar-refractivity contribution < 1.29 is 18.3 Å². The highest BCUT2D eigenvalue weighted by Gasteiger charge is 2.22. The fraction of sp³-hybridized carbons (Fsp3) is 0.500. The number of nitrogens with zero attached hydrogens (tertiary/aromatic N) is 1. The number of carboxylic acid groups (broad SMARTS) is 1. The number of hydrogen-bond donors (Lipinski definition) is 2. The van der Waals surface area contributed by atoms with Crippen LogP contribution in [0.3, 0.4) is 0 Å². The molecule has 6 nitrogen and oxygen atoms in total. The van der Waals surface area contributed by atoms with Crippen molar-refractivity contribution in [1.29, 1.82) is 0 Å². The van der Waals surface area contributed by atoms with Crippen LogP contribution >= 0.6 is 0 Å². The van der Waals surface area contributed by atoms with E-state index < -0.39 is 16.0 Å². The summed E-state index contributed by atoms with van der Waals surface area (Å²) in [5.74, 6) is -0.390. The first-order valence-corrected chi connectivity index (χ1v) is 8.30. The molecule has 1 aliphatic carbocycles. The molecule has 0 spiro atoms. The minimum absolute atomic E-state index is 0.0161. The molecule has 1 saturated carbocycles. The zero-order chi connectivity index (χ0) is 15.6. The van der Waals surface area contributed by atoms with Crippen molar-refractivity contribution in [3.8, 4) is 0 Å². The average molecular weight is 312 g/mol. The number of benzene rings is 1. The van der Waals surface area contributed by atoms with Gasteiger partial charge in [0, 0.05) is 26.3 Å². The molecule has 0 radical (unpaired) electrons. The Hall–Kier alpha value is -1.60. The molecule has 0 aromatic heterocycles. The van der Waals surface area contributed by atoms with Gasteiger partial charge in [0.1, 0.15) is 0 Å². The summed E-state index contributed by atoms with van der Waals surface area (Å²) >= 11 is 0. The SMILES string of the molecule is CN(C)S(=O)(=O)c1ccc(NCCC2CC2)c(C(=O)O)c1. The number of carbonyl (C=O) groups is 1. The lowest BCUT2D eigenvalue weighted by atomic mass is 10.1. The van der Waals surface area contributed by atoms with Crippen molar-refractivity contribution in [3.05, 3.63) is 23.8 Å². The molecule has 1 fully saturated rings. The molecule has 2 rings (SSSR count). The fourth-order valence-electron chi connectivity index (χ4n) is 2.04. The summed E-state index contributed by atoms with van der Waals surface area (Å²) in [6.45, 7) is 0.699. The van der Waals surface area contributed by atoms with Crippen LogP contribution in [-0.4, -0.2) is 44.4 Å². The van der Waals surface area contributed by atoms with Crippen LogP contribution in [0.15, 0.2) is 23.1 Å². The first kappa shape index (κ1) is 15.8. The first-order valence-electron chi connectivity index (χ1n) is 6.86. The molecule has 116 valence electrons. The summed E-state index contributed by atoms with van der Waals surface area (Å²) in [5, 5.41) is 12.4. The molecule has 2 N–H and O–H groups in total. The van der Waals surface area contributed by atoms with Crippen LogP contribution in [0.4, 0.5) is 5.69 Å². The van der Waals surface area contributed by atoms with Gasteiger partial charge < -0.3 is 10.4 Å². The molecule has 0 bridgehead atoms. The van der Waals surface area contributed by atoms with Crippen molar-refractivity contribution in [2.45, 2.75) is 24.2 Å². The predicted molar refractivity (Wildman–Crippen MR) is 80.1 cm³/mol. The van der Waals surface area contributed by atoms with Crippen LogP contribution in [0.1, 0.15) is 29.6 Å². The smallest absolute Gasteiger partial charge is 0.337 e. The van der Waals surface area contributed by atoms with Gasteiger partial charge in [0.05, 0.1) is 10.5 Å². The summed E-state index contributed by atoms with van der Waals surface area (Å²) in [6.07, 6.45) is 3.50. The molecule has 1 aliphatic rings. The van der Waals surface area contributed by atoms with Crippen molar-refractivity contribution in [2.75, 3.05) is 26.0 Å². The highest BCUT2D eigenvalue weighted by molar-refractivity contribution is 7.89. The third-order valence-corrected chi connectivity index (χ3v) is 5.38. The molecular formula is C14H20N2O4S. The average Bonchev–Trinajstić information content (AvgIpc) is 3.22. The number of nitrogens with one attached hydrogen (secondary N) is 1. The molecule has 1 aromatic rings. The Balaban J connectivity index is 2.23. The second kappa shape index (κ2) is 6.03. The molecule has 0 heterocycles. The van der Waals surface area contributed by atoms with Crippen LogP contribution in [0.25, 0.3) is 0 Å². The summed E-state index contributed by atoms with van der Waals surface area (Å²) < 4.78 is 25.1. The number of sulfonamides is 1. The minimum atomic E-state index is -3.63. The molecular weight excluding hydrogens is 292 g/mol. The maximum Gasteiger partial charge on any atom is 0.337 e. The van der Waals surface area contributed by atoms with Gasteiger partial charge in [-0.25, -0.2) is 17.5 Å². The van der Waals surface area contributed by atoms with E-state index in [9.17, 15) is 18.3 Å². The monoisotopic (exact) mass is 312 g/mol. The van der Waals surface area contributed by atoms with Crippen LogP contribution in [-0.2, 0) is 10.0 Å². The van der Waals surface area contributed by atoms with E-state index in [2.05, 4.69) is 5.32 Å². The predicted octanol–water partition coefficient (Wildman–Crippen LogP) is 1.85. The van der Waals surface area contributed by atoms with E-state index in [-0.39, 0.29) is 10.5 Å². The zero-order valence-electron chi connectivity index (χ0n) is 12.2. The third kappa shape index (κ3) is 3.74. The van der Waals surface area contributed by atoms with E-state index in [1.807, 2.05) is 0 Å². The third-order valence-electron chi connectivity index (χ3n) is 3.56. The van der Waals surface area contributed by atoms with Crippen molar-refractivity contribution >= 4 is 21.7 Å². The number of aromatic carboxylic acids is 1. The molecule has 0 saturated heterocycles. The molecule has 0 atom stereocenters. The van der Waals surface area contributed by atoms with Crippen molar-refractivity contribution in [2.24, 2.45) is 5.92 Å².